The maximum absolute atomic E-state index is 5.90. The molecule has 0 heterocycles. The zero-order valence-electron chi connectivity index (χ0n) is 6.08. The van der Waals surface area contributed by atoms with E-state index in [2.05, 4.69) is 0 Å². The smallest absolute Gasteiger partial charge is 0.0639 e. The standard InChI is InChI=1S/C8H6Cl4/c9-3-5-1-2-7(11)8(12)6(5)4-10/h1-2H,3-4H2. The highest BCUT2D eigenvalue weighted by Crippen LogP contribution is 2.30. The SMILES string of the molecule is ClCc1ccc(Cl)c(Cl)c1CCl. The van der Waals surface area contributed by atoms with Gasteiger partial charge < -0.3 is 0 Å². The van der Waals surface area contributed by atoms with E-state index in [0.29, 0.717) is 21.8 Å². The Hall–Kier alpha value is 0.380. The summed E-state index contributed by atoms with van der Waals surface area (Å²) in [6.45, 7) is 0. The molecule has 0 amide bonds. The number of halogens is 4. The number of rotatable bonds is 2. The maximum atomic E-state index is 5.90. The van der Waals surface area contributed by atoms with Gasteiger partial charge in [-0.05, 0) is 17.2 Å². The van der Waals surface area contributed by atoms with E-state index in [4.69, 9.17) is 46.4 Å². The van der Waals surface area contributed by atoms with Crippen LogP contribution < -0.4 is 0 Å². The highest BCUT2D eigenvalue weighted by atomic mass is 35.5. The third-order valence-electron chi connectivity index (χ3n) is 1.57. The molecule has 1 aromatic carbocycles. The molecule has 4 heteroatoms. The lowest BCUT2D eigenvalue weighted by Gasteiger charge is -2.06. The van der Waals surface area contributed by atoms with Gasteiger partial charge in [0.15, 0.2) is 0 Å². The third-order valence-corrected chi connectivity index (χ3v) is 2.97. The lowest BCUT2D eigenvalue weighted by Crippen LogP contribution is -1.89. The Kier molecular flexibility index (Phi) is 3.98. The average Bonchev–Trinajstić information content (AvgIpc) is 2.09. The van der Waals surface area contributed by atoms with Crippen LogP contribution >= 0.6 is 46.4 Å². The van der Waals surface area contributed by atoms with Gasteiger partial charge in [0.1, 0.15) is 0 Å². The topological polar surface area (TPSA) is 0 Å². The molecule has 0 aliphatic heterocycles. The molecule has 0 N–H and O–H groups in total. The van der Waals surface area contributed by atoms with Crippen LogP contribution in [0.1, 0.15) is 11.1 Å². The van der Waals surface area contributed by atoms with Crippen LogP contribution in [-0.4, -0.2) is 0 Å². The fourth-order valence-corrected chi connectivity index (χ4v) is 1.95. The highest BCUT2D eigenvalue weighted by Gasteiger charge is 2.08. The van der Waals surface area contributed by atoms with Gasteiger partial charge in [0.2, 0.25) is 0 Å². The molecule has 1 rings (SSSR count). The van der Waals surface area contributed by atoms with E-state index in [0.717, 1.165) is 11.1 Å². The summed E-state index contributed by atoms with van der Waals surface area (Å²) in [5.41, 5.74) is 1.75. The van der Waals surface area contributed by atoms with Crippen molar-refractivity contribution in [1.29, 1.82) is 0 Å². The van der Waals surface area contributed by atoms with Crippen molar-refractivity contribution in [3.05, 3.63) is 33.3 Å². The average molecular weight is 244 g/mol. The molecule has 0 spiro atoms. The molecular formula is C8H6Cl4. The van der Waals surface area contributed by atoms with Gasteiger partial charge in [-0.15, -0.1) is 23.2 Å². The van der Waals surface area contributed by atoms with Gasteiger partial charge in [-0.2, -0.15) is 0 Å². The van der Waals surface area contributed by atoms with Gasteiger partial charge in [0.25, 0.3) is 0 Å². The van der Waals surface area contributed by atoms with Crippen LogP contribution in [0.4, 0.5) is 0 Å². The number of benzene rings is 1. The summed E-state index contributed by atoms with van der Waals surface area (Å²) in [6, 6.07) is 3.55. The lowest BCUT2D eigenvalue weighted by atomic mass is 10.1. The minimum Gasteiger partial charge on any atom is -0.122 e. The molecule has 1 aromatic rings. The van der Waals surface area contributed by atoms with E-state index in [1.165, 1.54) is 0 Å². The molecule has 0 saturated carbocycles. The summed E-state index contributed by atoms with van der Waals surface area (Å²) in [5, 5.41) is 1.02. The van der Waals surface area contributed by atoms with Gasteiger partial charge in [-0.3, -0.25) is 0 Å². The first kappa shape index (κ1) is 10.5. The zero-order chi connectivity index (χ0) is 9.14. The molecule has 0 aromatic heterocycles. The highest BCUT2D eigenvalue weighted by molar-refractivity contribution is 6.43. The third kappa shape index (κ3) is 2.00. The van der Waals surface area contributed by atoms with Crippen LogP contribution in [0.25, 0.3) is 0 Å². The Morgan fingerprint density at radius 3 is 2.17 bits per heavy atom. The summed E-state index contributed by atoms with van der Waals surface area (Å²) in [7, 11) is 0. The summed E-state index contributed by atoms with van der Waals surface area (Å²) in [6.07, 6.45) is 0. The van der Waals surface area contributed by atoms with Crippen molar-refractivity contribution in [2.24, 2.45) is 0 Å². The predicted octanol–water partition coefficient (Wildman–Crippen LogP) is 4.47. The molecule has 0 bridgehead atoms. The van der Waals surface area contributed by atoms with E-state index in [-0.39, 0.29) is 0 Å². The molecule has 0 aliphatic rings. The van der Waals surface area contributed by atoms with E-state index < -0.39 is 0 Å². The molecule has 0 unspecified atom stereocenters. The van der Waals surface area contributed by atoms with Crippen LogP contribution in [0, 0.1) is 0 Å². The largest absolute Gasteiger partial charge is 0.122 e. The summed E-state index contributed by atoms with van der Waals surface area (Å²) in [5.74, 6) is 0.736. The molecule has 66 valence electrons. The van der Waals surface area contributed by atoms with Crippen LogP contribution in [0.3, 0.4) is 0 Å². The summed E-state index contributed by atoms with van der Waals surface area (Å²) < 4.78 is 0. The van der Waals surface area contributed by atoms with E-state index in [1.807, 2.05) is 6.07 Å². The molecule has 12 heavy (non-hydrogen) atoms. The monoisotopic (exact) mass is 242 g/mol. The Morgan fingerprint density at radius 1 is 1.00 bits per heavy atom. The minimum absolute atomic E-state index is 0.335. The molecule has 0 fully saturated rings. The molecule has 0 saturated heterocycles. The first-order chi connectivity index (χ1) is 5.70. The molecule has 0 radical (unpaired) electrons. The van der Waals surface area contributed by atoms with Crippen molar-refractivity contribution in [3.8, 4) is 0 Å². The first-order valence-electron chi connectivity index (χ1n) is 3.28. The number of alkyl halides is 2. The second-order valence-electron chi connectivity index (χ2n) is 2.27. The van der Waals surface area contributed by atoms with Crippen LogP contribution in [0.2, 0.25) is 10.0 Å². The second-order valence-corrected chi connectivity index (χ2v) is 3.59. The lowest BCUT2D eigenvalue weighted by molar-refractivity contribution is 1.27. The van der Waals surface area contributed by atoms with Crippen LogP contribution in [0.5, 0.6) is 0 Å². The Morgan fingerprint density at radius 2 is 1.67 bits per heavy atom. The number of hydrogen-bond donors (Lipinski definition) is 0. The molecular weight excluding hydrogens is 238 g/mol. The van der Waals surface area contributed by atoms with Crippen molar-refractivity contribution in [2.75, 3.05) is 0 Å². The van der Waals surface area contributed by atoms with Crippen molar-refractivity contribution in [3.63, 3.8) is 0 Å². The predicted molar refractivity (Wildman–Crippen MR) is 55.6 cm³/mol. The zero-order valence-corrected chi connectivity index (χ0v) is 9.10. The second kappa shape index (κ2) is 4.57. The van der Waals surface area contributed by atoms with E-state index in [9.17, 15) is 0 Å². The molecule has 0 nitrogen and oxygen atoms in total. The van der Waals surface area contributed by atoms with Crippen LogP contribution in [0.15, 0.2) is 12.1 Å². The molecule has 0 atom stereocenters. The Balaban J connectivity index is 3.25. The minimum atomic E-state index is 0.335. The maximum Gasteiger partial charge on any atom is 0.0639 e. The summed E-state index contributed by atoms with van der Waals surface area (Å²) >= 11 is 23.1. The van der Waals surface area contributed by atoms with Gasteiger partial charge in [-0.1, -0.05) is 29.3 Å². The van der Waals surface area contributed by atoms with Crippen molar-refractivity contribution < 1.29 is 0 Å². The normalized spacial score (nSPS) is 10.3. The van der Waals surface area contributed by atoms with Crippen molar-refractivity contribution in [1.82, 2.24) is 0 Å². The van der Waals surface area contributed by atoms with Gasteiger partial charge in [0, 0.05) is 11.8 Å². The van der Waals surface area contributed by atoms with Gasteiger partial charge >= 0.3 is 0 Å². The number of hydrogen-bond acceptors (Lipinski definition) is 0. The summed E-state index contributed by atoms with van der Waals surface area (Å²) in [4.78, 5) is 0. The van der Waals surface area contributed by atoms with Crippen molar-refractivity contribution >= 4 is 46.4 Å². The van der Waals surface area contributed by atoms with Crippen molar-refractivity contribution in [2.45, 2.75) is 11.8 Å². The van der Waals surface area contributed by atoms with Gasteiger partial charge in [0.05, 0.1) is 10.0 Å². The Bertz CT molecular complexity index is 283. The quantitative estimate of drug-likeness (QED) is 0.673. The first-order valence-corrected chi connectivity index (χ1v) is 5.11. The van der Waals surface area contributed by atoms with Crippen LogP contribution in [-0.2, 0) is 11.8 Å². The van der Waals surface area contributed by atoms with E-state index in [1.54, 1.807) is 6.07 Å². The molecule has 0 aliphatic carbocycles. The fourth-order valence-electron chi connectivity index (χ4n) is 0.902. The Labute approximate surface area is 91.4 Å². The van der Waals surface area contributed by atoms with Gasteiger partial charge in [-0.25, -0.2) is 0 Å². The van der Waals surface area contributed by atoms with E-state index >= 15 is 0 Å². The fraction of sp³-hybridized carbons (Fsp3) is 0.250.